The van der Waals surface area contributed by atoms with Gasteiger partial charge in [0.15, 0.2) is 5.13 Å². The number of aliphatic hydroxyl groups is 2. The third-order valence-corrected chi connectivity index (χ3v) is 9.95. The normalized spacial score (nSPS) is 14.5. The van der Waals surface area contributed by atoms with Crippen LogP contribution in [-0.4, -0.2) is 81.5 Å². The molecule has 4 aromatic rings. The minimum atomic E-state index is -0.848. The number of carbonyl (C=O) groups excluding carboxylic acids is 3. The number of aliphatic hydroxyl groups excluding tert-OH is 2. The smallest absolute Gasteiger partial charge is 0.257 e. The summed E-state index contributed by atoms with van der Waals surface area (Å²) in [5, 5.41) is 26.9. The van der Waals surface area contributed by atoms with Gasteiger partial charge in [-0.3, -0.25) is 19.7 Å². The van der Waals surface area contributed by atoms with Crippen LogP contribution in [0.5, 0.6) is 0 Å². The molecule has 5 rings (SSSR count). The van der Waals surface area contributed by atoms with Gasteiger partial charge in [-0.1, -0.05) is 65.9 Å². The number of aromatic nitrogens is 1. The predicted molar refractivity (Wildman–Crippen MR) is 180 cm³/mol. The van der Waals surface area contributed by atoms with Crippen LogP contribution in [0.4, 0.5) is 5.13 Å². The fourth-order valence-electron chi connectivity index (χ4n) is 5.09. The van der Waals surface area contributed by atoms with E-state index in [0.717, 1.165) is 20.9 Å². The number of nitrogens with one attached hydrogen (secondary N) is 2. The minimum Gasteiger partial charge on any atom is -0.395 e. The van der Waals surface area contributed by atoms with Crippen molar-refractivity contribution in [2.24, 2.45) is 0 Å². The Morgan fingerprint density at radius 3 is 2.33 bits per heavy atom. The average Bonchev–Trinajstić information content (AvgIpc) is 3.55. The van der Waals surface area contributed by atoms with Crippen molar-refractivity contribution in [3.05, 3.63) is 113 Å². The molecule has 0 aliphatic carbocycles. The Hall–Kier alpha value is -4.07. The summed E-state index contributed by atoms with van der Waals surface area (Å²) in [5.41, 5.74) is 3.76. The molecule has 10 nitrogen and oxygen atoms in total. The first kappa shape index (κ1) is 33.3. The summed E-state index contributed by atoms with van der Waals surface area (Å²) >= 11 is 2.97. The number of piperazine rings is 1. The molecular weight excluding hydrogens is 623 g/mol. The molecule has 1 aliphatic rings. The fourth-order valence-corrected chi connectivity index (χ4v) is 6.90. The van der Waals surface area contributed by atoms with E-state index < -0.39 is 12.1 Å². The molecule has 1 aliphatic heterocycles. The van der Waals surface area contributed by atoms with Crippen molar-refractivity contribution in [1.29, 1.82) is 0 Å². The van der Waals surface area contributed by atoms with Gasteiger partial charge >= 0.3 is 0 Å². The number of amides is 3. The molecule has 0 radical (unpaired) electrons. The number of nitrogens with zero attached hydrogens (tertiary/aromatic N) is 3. The number of hydrogen-bond donors (Lipinski definition) is 4. The Kier molecular flexibility index (Phi) is 11.6. The number of hydrogen-bond acceptors (Lipinski definition) is 9. The van der Waals surface area contributed by atoms with E-state index in [2.05, 4.69) is 15.6 Å². The lowest BCUT2D eigenvalue weighted by atomic mass is 10.0. The van der Waals surface area contributed by atoms with Crippen LogP contribution in [0.3, 0.4) is 0 Å². The summed E-state index contributed by atoms with van der Waals surface area (Å²) < 4.78 is 0.935. The predicted octanol–water partition coefficient (Wildman–Crippen LogP) is 4.18. The third kappa shape index (κ3) is 8.80. The molecule has 1 fully saturated rings. The molecule has 1 saturated heterocycles. The number of thioether (sulfide) groups is 1. The Morgan fingerprint density at radius 2 is 1.63 bits per heavy atom. The van der Waals surface area contributed by atoms with Gasteiger partial charge in [-0.15, -0.1) is 11.8 Å². The summed E-state index contributed by atoms with van der Waals surface area (Å²) in [5.74, 6) is 0.376. The number of thiazole rings is 1. The second kappa shape index (κ2) is 16.0. The van der Waals surface area contributed by atoms with Gasteiger partial charge in [-0.2, -0.15) is 0 Å². The van der Waals surface area contributed by atoms with E-state index in [9.17, 15) is 24.6 Å². The molecule has 0 unspecified atom stereocenters. The Morgan fingerprint density at radius 1 is 0.913 bits per heavy atom. The molecule has 3 amide bonds. The van der Waals surface area contributed by atoms with Crippen molar-refractivity contribution in [2.45, 2.75) is 35.6 Å². The Labute approximate surface area is 276 Å². The molecule has 0 spiro atoms. The highest BCUT2D eigenvalue weighted by atomic mass is 32.2. The van der Waals surface area contributed by atoms with Crippen molar-refractivity contribution >= 4 is 46.0 Å². The highest BCUT2D eigenvalue weighted by Crippen LogP contribution is 2.31. The fraction of sp³-hybridized carbons (Fsp3) is 0.294. The molecule has 0 bridgehead atoms. The average molecular weight is 660 g/mol. The summed E-state index contributed by atoms with van der Waals surface area (Å²) in [6.07, 6.45) is 0.879. The standard InChI is InChI=1S/C34H37N5O5S2/c1-23(41)38-14-16-39(17-15-38)33(44)28-9-5-6-25(18-28)22-45-30-20-36-34(46-30)37-32(43)27-12-10-24(11-13-27)19-35-29(21-40)31(42)26-7-3-2-4-8-26/h2-13,18,20,29,31,35,40,42H,14-17,19,21-22H2,1H3,(H,36,37,43)/t29-,31-/m0/s1. The van der Waals surface area contributed by atoms with E-state index in [1.54, 1.807) is 46.8 Å². The number of benzene rings is 3. The first-order valence-electron chi connectivity index (χ1n) is 15.0. The van der Waals surface area contributed by atoms with Gasteiger partial charge in [0.05, 0.1) is 29.2 Å². The van der Waals surface area contributed by atoms with E-state index in [1.807, 2.05) is 66.7 Å². The summed E-state index contributed by atoms with van der Waals surface area (Å²) in [4.78, 5) is 45.4. The Bertz CT molecular complexity index is 1620. The second-order valence-corrected chi connectivity index (χ2v) is 13.3. The van der Waals surface area contributed by atoms with E-state index in [0.29, 0.717) is 54.7 Å². The third-order valence-electron chi connectivity index (χ3n) is 7.78. The largest absolute Gasteiger partial charge is 0.395 e. The molecule has 46 heavy (non-hydrogen) atoms. The molecule has 12 heteroatoms. The van der Waals surface area contributed by atoms with Gasteiger partial charge in [0.1, 0.15) is 0 Å². The number of rotatable bonds is 12. The molecular formula is C34H37N5O5S2. The molecule has 0 saturated carbocycles. The van der Waals surface area contributed by atoms with Crippen molar-refractivity contribution in [3.63, 3.8) is 0 Å². The zero-order valence-corrected chi connectivity index (χ0v) is 27.1. The van der Waals surface area contributed by atoms with Crippen molar-refractivity contribution in [3.8, 4) is 0 Å². The lowest BCUT2D eigenvalue weighted by Gasteiger charge is -2.34. The monoisotopic (exact) mass is 659 g/mol. The molecule has 3 aromatic carbocycles. The van der Waals surface area contributed by atoms with Gasteiger partial charge in [0.25, 0.3) is 11.8 Å². The van der Waals surface area contributed by atoms with Crippen LogP contribution in [-0.2, 0) is 17.1 Å². The maximum absolute atomic E-state index is 13.0. The molecule has 240 valence electrons. The minimum absolute atomic E-state index is 0.0293. The van der Waals surface area contributed by atoms with Crippen LogP contribution in [0.25, 0.3) is 0 Å². The zero-order chi connectivity index (χ0) is 32.5. The van der Waals surface area contributed by atoms with Gasteiger partial charge in [0.2, 0.25) is 5.91 Å². The van der Waals surface area contributed by atoms with Crippen molar-refractivity contribution in [1.82, 2.24) is 20.1 Å². The second-order valence-electron chi connectivity index (χ2n) is 10.9. The highest BCUT2D eigenvalue weighted by Gasteiger charge is 2.23. The van der Waals surface area contributed by atoms with E-state index in [1.165, 1.54) is 11.3 Å². The maximum Gasteiger partial charge on any atom is 0.257 e. The van der Waals surface area contributed by atoms with Gasteiger partial charge in [-0.05, 0) is 41.0 Å². The number of anilines is 1. The maximum atomic E-state index is 13.0. The summed E-state index contributed by atoms with van der Waals surface area (Å²) in [7, 11) is 0. The van der Waals surface area contributed by atoms with Gasteiger partial charge in [-0.25, -0.2) is 4.98 Å². The summed E-state index contributed by atoms with van der Waals surface area (Å²) in [6.45, 7) is 3.90. The quantitative estimate of drug-likeness (QED) is 0.167. The van der Waals surface area contributed by atoms with Crippen molar-refractivity contribution < 1.29 is 24.6 Å². The van der Waals surface area contributed by atoms with Crippen LogP contribution in [0, 0.1) is 0 Å². The molecule has 2 heterocycles. The van der Waals surface area contributed by atoms with Crippen LogP contribution in [0.15, 0.2) is 89.3 Å². The zero-order valence-electron chi connectivity index (χ0n) is 25.5. The molecule has 4 N–H and O–H groups in total. The Balaban J connectivity index is 1.09. The lowest BCUT2D eigenvalue weighted by molar-refractivity contribution is -0.130. The highest BCUT2D eigenvalue weighted by molar-refractivity contribution is 8.00. The molecule has 2 atom stereocenters. The summed E-state index contributed by atoms with van der Waals surface area (Å²) in [6, 6.07) is 23.4. The SMILES string of the molecule is CC(=O)N1CCN(C(=O)c2cccc(CSc3cnc(NC(=O)c4ccc(CN[C@@H](CO)[C@@H](O)c5ccccc5)cc4)s3)c2)CC1. The van der Waals surface area contributed by atoms with Crippen LogP contribution >= 0.6 is 23.1 Å². The van der Waals surface area contributed by atoms with E-state index >= 15 is 0 Å². The van der Waals surface area contributed by atoms with Crippen LogP contribution in [0.2, 0.25) is 0 Å². The van der Waals surface area contributed by atoms with Crippen LogP contribution in [0.1, 0.15) is 50.4 Å². The molecule has 1 aromatic heterocycles. The first-order chi connectivity index (χ1) is 22.3. The first-order valence-corrected chi connectivity index (χ1v) is 16.8. The van der Waals surface area contributed by atoms with E-state index in [4.69, 9.17) is 0 Å². The van der Waals surface area contributed by atoms with Gasteiger partial charge in [0, 0.05) is 56.5 Å². The van der Waals surface area contributed by atoms with Crippen molar-refractivity contribution in [2.75, 3.05) is 38.1 Å². The topological polar surface area (TPSA) is 135 Å². The van der Waals surface area contributed by atoms with Gasteiger partial charge < -0.3 is 25.3 Å². The lowest BCUT2D eigenvalue weighted by Crippen LogP contribution is -2.50. The van der Waals surface area contributed by atoms with E-state index in [-0.39, 0.29) is 24.3 Å². The van der Waals surface area contributed by atoms with Crippen LogP contribution < -0.4 is 10.6 Å². The number of carbonyl (C=O) groups is 3.